The van der Waals surface area contributed by atoms with Crippen molar-refractivity contribution < 1.29 is 14.3 Å². The molecule has 0 fully saturated rings. The van der Waals surface area contributed by atoms with Crippen molar-refractivity contribution in [3.63, 3.8) is 0 Å². The van der Waals surface area contributed by atoms with Crippen molar-refractivity contribution in [3.8, 4) is 0 Å². The van der Waals surface area contributed by atoms with Gasteiger partial charge in [-0.1, -0.05) is 0 Å². The van der Waals surface area contributed by atoms with E-state index in [4.69, 9.17) is 9.47 Å². The van der Waals surface area contributed by atoms with Crippen LogP contribution in [0.25, 0.3) is 10.2 Å². The zero-order valence-electron chi connectivity index (χ0n) is 14.4. The van der Waals surface area contributed by atoms with Gasteiger partial charge in [-0.2, -0.15) is 0 Å². The maximum atomic E-state index is 12.4. The Morgan fingerprint density at radius 1 is 1.38 bits per heavy atom. The predicted octanol–water partition coefficient (Wildman–Crippen LogP) is 0.703. The smallest absolute Gasteiger partial charge is 0.261 e. The number of fused-ring (bicyclic) bond motifs is 1. The average molecular weight is 354 g/mol. The van der Waals surface area contributed by atoms with E-state index < -0.39 is 6.29 Å². The fraction of sp³-hybridized carbons (Fsp3) is 0.533. The van der Waals surface area contributed by atoms with Gasteiger partial charge in [0.1, 0.15) is 10.7 Å². The summed E-state index contributed by atoms with van der Waals surface area (Å²) in [4.78, 5) is 34.9. The topological polar surface area (TPSA) is 96.5 Å². The molecule has 0 radical (unpaired) electrons. The van der Waals surface area contributed by atoms with Crippen molar-refractivity contribution in [2.75, 3.05) is 34.9 Å². The lowest BCUT2D eigenvalue weighted by molar-refractivity contribution is -0.0974. The Hall–Kier alpha value is -1.81. The van der Waals surface area contributed by atoms with Crippen molar-refractivity contribution in [2.45, 2.75) is 19.8 Å². The van der Waals surface area contributed by atoms with Crippen LogP contribution in [0.1, 0.15) is 21.1 Å². The lowest BCUT2D eigenvalue weighted by Crippen LogP contribution is -2.34. The zero-order chi connectivity index (χ0) is 17.9. The summed E-state index contributed by atoms with van der Waals surface area (Å²) in [5, 5.41) is 3.20. The molecule has 0 spiro atoms. The second-order valence-electron chi connectivity index (χ2n) is 5.60. The van der Waals surface area contributed by atoms with Crippen LogP contribution in [0, 0.1) is 6.92 Å². The van der Waals surface area contributed by atoms with Crippen LogP contribution < -0.4 is 10.9 Å². The van der Waals surface area contributed by atoms with Crippen LogP contribution >= 0.6 is 11.3 Å². The molecular weight excluding hydrogens is 332 g/mol. The van der Waals surface area contributed by atoms with Gasteiger partial charge in [-0.15, -0.1) is 11.3 Å². The third-order valence-corrected chi connectivity index (χ3v) is 4.66. The number of methoxy groups -OCH3 is 2. The first kappa shape index (κ1) is 18.5. The van der Waals surface area contributed by atoms with E-state index in [1.54, 1.807) is 6.92 Å². The number of amides is 1. The van der Waals surface area contributed by atoms with Crippen LogP contribution in [-0.4, -0.2) is 61.9 Å². The third-order valence-electron chi connectivity index (χ3n) is 3.48. The minimum atomic E-state index is -0.517. The lowest BCUT2D eigenvalue weighted by atomic mass is 10.2. The summed E-state index contributed by atoms with van der Waals surface area (Å²) in [6.07, 6.45) is -0.517. The monoisotopic (exact) mass is 354 g/mol. The molecule has 0 saturated carbocycles. The number of nitrogens with one attached hydrogen (secondary N) is 2. The number of aromatic amines is 1. The number of aryl methyl sites for hydroxylation is 1. The van der Waals surface area contributed by atoms with E-state index in [2.05, 4.69) is 15.3 Å². The van der Waals surface area contributed by atoms with Crippen LogP contribution in [0.5, 0.6) is 0 Å². The number of ether oxygens (including phenoxy) is 2. The molecule has 0 aliphatic heterocycles. The van der Waals surface area contributed by atoms with E-state index in [-0.39, 0.29) is 18.0 Å². The number of nitrogens with zero attached hydrogens (tertiary/aromatic N) is 2. The first-order chi connectivity index (χ1) is 11.4. The summed E-state index contributed by atoms with van der Waals surface area (Å²) in [6, 6.07) is 0. The molecule has 0 unspecified atom stereocenters. The second-order valence-corrected chi connectivity index (χ2v) is 6.60. The molecule has 2 aromatic rings. The van der Waals surface area contributed by atoms with Crippen molar-refractivity contribution in [1.29, 1.82) is 0 Å². The highest BCUT2D eigenvalue weighted by atomic mass is 32.1. The van der Waals surface area contributed by atoms with Crippen molar-refractivity contribution in [3.05, 3.63) is 26.6 Å². The molecule has 24 heavy (non-hydrogen) atoms. The van der Waals surface area contributed by atoms with E-state index in [0.29, 0.717) is 33.0 Å². The summed E-state index contributed by atoms with van der Waals surface area (Å²) in [6.45, 7) is 2.49. The first-order valence-electron chi connectivity index (χ1n) is 7.38. The van der Waals surface area contributed by atoms with E-state index in [1.807, 2.05) is 19.0 Å². The number of thiophene rings is 1. The molecule has 132 valence electrons. The Kier molecular flexibility index (Phi) is 6.05. The van der Waals surface area contributed by atoms with Gasteiger partial charge in [0, 0.05) is 14.2 Å². The number of H-pyrrole nitrogens is 1. The Morgan fingerprint density at radius 2 is 2.04 bits per heavy atom. The molecule has 0 aromatic carbocycles. The van der Waals surface area contributed by atoms with Gasteiger partial charge in [0.05, 0.1) is 23.4 Å². The highest BCUT2D eigenvalue weighted by molar-refractivity contribution is 7.20. The quantitative estimate of drug-likeness (QED) is 0.711. The molecule has 0 aliphatic rings. The number of aromatic nitrogens is 2. The van der Waals surface area contributed by atoms with Crippen molar-refractivity contribution >= 4 is 27.5 Å². The maximum Gasteiger partial charge on any atom is 0.261 e. The first-order valence-corrected chi connectivity index (χ1v) is 8.19. The van der Waals surface area contributed by atoms with E-state index in [1.165, 1.54) is 25.6 Å². The number of hydrogen-bond acceptors (Lipinski definition) is 7. The van der Waals surface area contributed by atoms with Gasteiger partial charge in [-0.05, 0) is 26.6 Å². The van der Waals surface area contributed by atoms with Crippen LogP contribution in [0.3, 0.4) is 0 Å². The average Bonchev–Trinajstić information content (AvgIpc) is 2.84. The minimum absolute atomic E-state index is 0.217. The van der Waals surface area contributed by atoms with Gasteiger partial charge in [0.15, 0.2) is 6.29 Å². The minimum Gasteiger partial charge on any atom is -0.354 e. The van der Waals surface area contributed by atoms with Gasteiger partial charge in [-0.25, -0.2) is 4.98 Å². The van der Waals surface area contributed by atoms with Gasteiger partial charge < -0.3 is 24.7 Å². The Labute approximate surface area is 143 Å². The van der Waals surface area contributed by atoms with Crippen LogP contribution in [0.15, 0.2) is 4.79 Å². The number of carbonyl (C=O) groups is 1. The number of hydrogen-bond donors (Lipinski definition) is 2. The molecule has 8 nitrogen and oxygen atoms in total. The fourth-order valence-corrected chi connectivity index (χ4v) is 3.42. The molecule has 0 aliphatic carbocycles. The summed E-state index contributed by atoms with van der Waals surface area (Å²) >= 11 is 1.21. The van der Waals surface area contributed by atoms with Crippen LogP contribution in [0.2, 0.25) is 0 Å². The molecule has 2 heterocycles. The normalized spacial score (nSPS) is 11.6. The Morgan fingerprint density at radius 3 is 2.62 bits per heavy atom. The summed E-state index contributed by atoms with van der Waals surface area (Å²) < 4.78 is 10.1. The molecule has 2 rings (SSSR count). The molecular formula is C15H22N4O4S. The van der Waals surface area contributed by atoms with Crippen molar-refractivity contribution in [1.82, 2.24) is 20.2 Å². The molecule has 0 saturated heterocycles. The molecule has 2 aromatic heterocycles. The molecule has 0 bridgehead atoms. The standard InChI is InChI=1S/C15H22N4O4S/c1-8-11-13(20)17-9(7-19(2)3)18-15(11)24-12(8)14(21)16-6-10(22-4)23-5/h10H,6-7H2,1-5H3,(H,16,21)(H,17,18,20). The number of carbonyl (C=O) groups excluding carboxylic acids is 1. The largest absolute Gasteiger partial charge is 0.354 e. The van der Waals surface area contributed by atoms with Gasteiger partial charge in [-0.3, -0.25) is 9.59 Å². The second kappa shape index (κ2) is 7.84. The molecule has 9 heteroatoms. The zero-order valence-corrected chi connectivity index (χ0v) is 15.2. The highest BCUT2D eigenvalue weighted by Gasteiger charge is 2.20. The van der Waals surface area contributed by atoms with Crippen molar-refractivity contribution in [2.24, 2.45) is 0 Å². The van der Waals surface area contributed by atoms with E-state index in [0.717, 1.165) is 0 Å². The SMILES string of the molecule is COC(CNC(=O)c1sc2nc(CN(C)C)[nH]c(=O)c2c1C)OC. The maximum absolute atomic E-state index is 12.4. The van der Waals surface area contributed by atoms with E-state index in [9.17, 15) is 9.59 Å². The fourth-order valence-electron chi connectivity index (χ4n) is 2.30. The van der Waals surface area contributed by atoms with Crippen LogP contribution in [0.4, 0.5) is 0 Å². The molecule has 0 atom stereocenters. The summed E-state index contributed by atoms with van der Waals surface area (Å²) in [7, 11) is 6.79. The third kappa shape index (κ3) is 3.99. The summed E-state index contributed by atoms with van der Waals surface area (Å²) in [5.41, 5.74) is 0.403. The predicted molar refractivity (Wildman–Crippen MR) is 92.5 cm³/mol. The number of rotatable bonds is 7. The lowest BCUT2D eigenvalue weighted by Gasteiger charge is -2.13. The van der Waals surface area contributed by atoms with Gasteiger partial charge >= 0.3 is 0 Å². The van der Waals surface area contributed by atoms with Crippen LogP contribution in [-0.2, 0) is 16.0 Å². The molecule has 1 amide bonds. The summed E-state index contributed by atoms with van der Waals surface area (Å²) in [5.74, 6) is 0.299. The highest BCUT2D eigenvalue weighted by Crippen LogP contribution is 2.26. The van der Waals surface area contributed by atoms with E-state index >= 15 is 0 Å². The molecule has 2 N–H and O–H groups in total. The Balaban J connectivity index is 2.31. The van der Waals surface area contributed by atoms with Gasteiger partial charge in [0.25, 0.3) is 11.5 Å². The Bertz CT molecular complexity index is 780. The van der Waals surface area contributed by atoms with Gasteiger partial charge in [0.2, 0.25) is 0 Å².